The van der Waals surface area contributed by atoms with Gasteiger partial charge in [-0.3, -0.25) is 0 Å². The second-order valence-corrected chi connectivity index (χ2v) is 6.70. The third kappa shape index (κ3) is 3.26. The molecule has 6 heteroatoms. The lowest BCUT2D eigenvalue weighted by atomic mass is 10.00. The van der Waals surface area contributed by atoms with Gasteiger partial charge in [0.2, 0.25) is 0 Å². The van der Waals surface area contributed by atoms with Crippen LogP contribution in [0.15, 0.2) is 0 Å². The van der Waals surface area contributed by atoms with E-state index >= 15 is 0 Å². The van der Waals surface area contributed by atoms with Crippen molar-refractivity contribution in [3.8, 4) is 5.75 Å². The van der Waals surface area contributed by atoms with Gasteiger partial charge in [0.1, 0.15) is 0 Å². The standard InChI is InChI=1S/C15H26N4OS/c1-2-20-13-14(16)17-21-15(13)19-10-6-12(7-11-19)18-8-4-3-5-9-18/h12H,2-11H2,1H3,(H2,16,17). The maximum Gasteiger partial charge on any atom is 0.197 e. The molecule has 0 aliphatic carbocycles. The Morgan fingerprint density at radius 1 is 1.19 bits per heavy atom. The van der Waals surface area contributed by atoms with Gasteiger partial charge in [-0.05, 0) is 57.2 Å². The van der Waals surface area contributed by atoms with E-state index in [2.05, 4.69) is 14.2 Å². The first-order valence-corrected chi connectivity index (χ1v) is 8.94. The average Bonchev–Trinajstić information content (AvgIpc) is 2.90. The van der Waals surface area contributed by atoms with Gasteiger partial charge in [0.15, 0.2) is 16.6 Å². The van der Waals surface area contributed by atoms with Gasteiger partial charge in [0.25, 0.3) is 0 Å². The van der Waals surface area contributed by atoms with Crippen LogP contribution in [0.4, 0.5) is 10.8 Å². The number of rotatable bonds is 4. The van der Waals surface area contributed by atoms with E-state index in [4.69, 9.17) is 10.5 Å². The molecule has 0 saturated carbocycles. The van der Waals surface area contributed by atoms with Crippen LogP contribution in [0, 0.1) is 0 Å². The minimum absolute atomic E-state index is 0.537. The molecule has 0 atom stereocenters. The highest BCUT2D eigenvalue weighted by Crippen LogP contribution is 2.39. The zero-order valence-electron chi connectivity index (χ0n) is 12.9. The van der Waals surface area contributed by atoms with E-state index < -0.39 is 0 Å². The molecule has 0 radical (unpaired) electrons. The van der Waals surface area contributed by atoms with Crippen molar-refractivity contribution in [3.05, 3.63) is 0 Å². The minimum Gasteiger partial charge on any atom is -0.487 e. The summed E-state index contributed by atoms with van der Waals surface area (Å²) in [5, 5.41) is 1.12. The first kappa shape index (κ1) is 14.9. The smallest absolute Gasteiger partial charge is 0.197 e. The normalized spacial score (nSPS) is 21.7. The predicted molar refractivity (Wildman–Crippen MR) is 88.4 cm³/mol. The van der Waals surface area contributed by atoms with Crippen LogP contribution < -0.4 is 15.4 Å². The summed E-state index contributed by atoms with van der Waals surface area (Å²) in [5.41, 5.74) is 5.92. The number of hydrogen-bond acceptors (Lipinski definition) is 6. The summed E-state index contributed by atoms with van der Waals surface area (Å²) in [6.07, 6.45) is 6.64. The Balaban J connectivity index is 1.60. The maximum atomic E-state index is 5.92. The fraction of sp³-hybridized carbons (Fsp3) is 0.800. The highest BCUT2D eigenvalue weighted by Gasteiger charge is 2.28. The number of anilines is 2. The molecule has 2 aliphatic rings. The summed E-state index contributed by atoms with van der Waals surface area (Å²) in [6.45, 7) is 7.39. The predicted octanol–water partition coefficient (Wildman–Crippen LogP) is 2.58. The van der Waals surface area contributed by atoms with E-state index in [1.807, 2.05) is 6.92 Å². The second-order valence-electron chi connectivity index (χ2n) is 5.95. The zero-order chi connectivity index (χ0) is 14.7. The molecule has 5 nitrogen and oxygen atoms in total. The van der Waals surface area contributed by atoms with Crippen molar-refractivity contribution < 1.29 is 4.74 Å². The van der Waals surface area contributed by atoms with Crippen molar-refractivity contribution in [1.29, 1.82) is 0 Å². The van der Waals surface area contributed by atoms with Crippen molar-refractivity contribution >= 4 is 22.4 Å². The second kappa shape index (κ2) is 6.83. The van der Waals surface area contributed by atoms with E-state index in [-0.39, 0.29) is 0 Å². The summed E-state index contributed by atoms with van der Waals surface area (Å²) >= 11 is 1.47. The van der Waals surface area contributed by atoms with Crippen LogP contribution in [0.5, 0.6) is 5.75 Å². The van der Waals surface area contributed by atoms with Gasteiger partial charge >= 0.3 is 0 Å². The van der Waals surface area contributed by atoms with Crippen molar-refractivity contribution in [3.63, 3.8) is 0 Å². The maximum absolute atomic E-state index is 5.92. The molecular weight excluding hydrogens is 284 g/mol. The minimum atomic E-state index is 0.537. The van der Waals surface area contributed by atoms with Crippen LogP contribution in [0.3, 0.4) is 0 Å². The molecule has 0 spiro atoms. The van der Waals surface area contributed by atoms with Crippen LogP contribution in [0.2, 0.25) is 0 Å². The van der Waals surface area contributed by atoms with E-state index in [0.717, 1.165) is 29.9 Å². The molecular formula is C15H26N4OS. The molecule has 0 aromatic carbocycles. The first-order valence-electron chi connectivity index (χ1n) is 8.16. The summed E-state index contributed by atoms with van der Waals surface area (Å²) in [7, 11) is 0. The number of nitrogens with two attached hydrogens (primary N) is 1. The molecule has 2 fully saturated rings. The van der Waals surface area contributed by atoms with Crippen LogP contribution in [0.25, 0.3) is 0 Å². The molecule has 1 aromatic heterocycles. The topological polar surface area (TPSA) is 54.6 Å². The SMILES string of the molecule is CCOc1c(N)nsc1N1CCC(N2CCCCC2)CC1. The third-order valence-corrected chi connectivity index (χ3v) is 5.51. The van der Waals surface area contributed by atoms with Gasteiger partial charge in [0, 0.05) is 19.1 Å². The van der Waals surface area contributed by atoms with E-state index in [0.29, 0.717) is 12.4 Å². The van der Waals surface area contributed by atoms with Gasteiger partial charge in [-0.2, -0.15) is 4.37 Å². The molecule has 0 amide bonds. The lowest BCUT2D eigenvalue weighted by Gasteiger charge is -2.40. The fourth-order valence-corrected chi connectivity index (χ4v) is 4.30. The molecule has 118 valence electrons. The molecule has 2 N–H and O–H groups in total. The number of ether oxygens (including phenoxy) is 1. The Labute approximate surface area is 131 Å². The summed E-state index contributed by atoms with van der Waals surface area (Å²) in [4.78, 5) is 5.10. The van der Waals surface area contributed by atoms with Gasteiger partial charge in [-0.15, -0.1) is 0 Å². The Morgan fingerprint density at radius 2 is 1.90 bits per heavy atom. The first-order chi connectivity index (χ1) is 10.3. The van der Waals surface area contributed by atoms with Crippen molar-refractivity contribution in [2.24, 2.45) is 0 Å². The largest absolute Gasteiger partial charge is 0.487 e. The summed E-state index contributed by atoms with van der Waals surface area (Å²) < 4.78 is 9.94. The molecule has 3 rings (SSSR count). The fourth-order valence-electron chi connectivity index (χ4n) is 3.48. The molecule has 0 bridgehead atoms. The number of hydrogen-bond donors (Lipinski definition) is 1. The number of nitrogens with zero attached hydrogens (tertiary/aromatic N) is 3. The summed E-state index contributed by atoms with van der Waals surface area (Å²) in [5.74, 6) is 1.33. The van der Waals surface area contributed by atoms with E-state index in [1.165, 1.54) is 56.7 Å². The van der Waals surface area contributed by atoms with Crippen molar-refractivity contribution in [1.82, 2.24) is 9.27 Å². The molecule has 21 heavy (non-hydrogen) atoms. The lowest BCUT2D eigenvalue weighted by Crippen LogP contribution is -2.46. The highest BCUT2D eigenvalue weighted by molar-refractivity contribution is 7.11. The number of piperidine rings is 2. The zero-order valence-corrected chi connectivity index (χ0v) is 13.7. The number of aromatic nitrogens is 1. The quantitative estimate of drug-likeness (QED) is 0.926. The van der Waals surface area contributed by atoms with Crippen LogP contribution >= 0.6 is 11.5 Å². The number of nitrogen functional groups attached to an aromatic ring is 1. The number of likely N-dealkylation sites (tertiary alicyclic amines) is 1. The highest BCUT2D eigenvalue weighted by atomic mass is 32.1. The van der Waals surface area contributed by atoms with Gasteiger partial charge in [-0.1, -0.05) is 6.42 Å². The Morgan fingerprint density at radius 3 is 2.57 bits per heavy atom. The molecule has 1 aromatic rings. The van der Waals surface area contributed by atoms with Gasteiger partial charge in [0.05, 0.1) is 6.61 Å². The third-order valence-electron chi connectivity index (χ3n) is 4.60. The Kier molecular flexibility index (Phi) is 4.85. The van der Waals surface area contributed by atoms with Crippen LogP contribution in [-0.4, -0.2) is 48.1 Å². The van der Waals surface area contributed by atoms with Crippen molar-refractivity contribution in [2.75, 3.05) is 43.4 Å². The molecule has 2 saturated heterocycles. The van der Waals surface area contributed by atoms with Gasteiger partial charge in [-0.25, -0.2) is 0 Å². The Bertz CT molecular complexity index is 451. The van der Waals surface area contributed by atoms with E-state index in [9.17, 15) is 0 Å². The van der Waals surface area contributed by atoms with E-state index in [1.54, 1.807) is 0 Å². The van der Waals surface area contributed by atoms with Crippen LogP contribution in [-0.2, 0) is 0 Å². The monoisotopic (exact) mass is 310 g/mol. The Hall–Kier alpha value is -1.01. The van der Waals surface area contributed by atoms with Crippen LogP contribution in [0.1, 0.15) is 39.0 Å². The van der Waals surface area contributed by atoms with Crippen molar-refractivity contribution in [2.45, 2.75) is 45.1 Å². The molecule has 3 heterocycles. The van der Waals surface area contributed by atoms with Gasteiger partial charge < -0.3 is 20.3 Å². The molecule has 0 unspecified atom stereocenters. The molecule has 2 aliphatic heterocycles. The lowest BCUT2D eigenvalue weighted by molar-refractivity contribution is 0.141. The average molecular weight is 310 g/mol. The summed E-state index contributed by atoms with van der Waals surface area (Å²) in [6, 6.07) is 0.766.